The van der Waals surface area contributed by atoms with Gasteiger partial charge in [-0.05, 0) is 59.2 Å². The van der Waals surface area contributed by atoms with Crippen LogP contribution in [0.15, 0.2) is 108 Å². The summed E-state index contributed by atoms with van der Waals surface area (Å²) in [6, 6.07) is 34.0. The summed E-state index contributed by atoms with van der Waals surface area (Å²) in [5.41, 5.74) is 4.91. The van der Waals surface area contributed by atoms with Crippen LogP contribution in [0.3, 0.4) is 0 Å². The number of ether oxygens (including phenoxy) is 1. The third-order valence-electron chi connectivity index (χ3n) is 4.77. The Labute approximate surface area is 174 Å². The standard InChI is InChI=1S/C27H19NO2/c1-3-9-21(10-4-1)22-15-16-26-25(19-22)28-27(30-26)17-14-20-8-7-13-24(18-20)29-23-11-5-2-6-12-23/h1-19H/b17-14+. The minimum absolute atomic E-state index is 0.574. The summed E-state index contributed by atoms with van der Waals surface area (Å²) in [7, 11) is 0. The van der Waals surface area contributed by atoms with E-state index in [9.17, 15) is 0 Å². The van der Waals surface area contributed by atoms with Crippen molar-refractivity contribution < 1.29 is 9.15 Å². The minimum Gasteiger partial charge on any atom is -0.457 e. The number of rotatable bonds is 5. The largest absolute Gasteiger partial charge is 0.457 e. The Morgan fingerprint density at radius 2 is 1.40 bits per heavy atom. The van der Waals surface area contributed by atoms with Crippen LogP contribution in [0.4, 0.5) is 0 Å². The topological polar surface area (TPSA) is 35.3 Å². The third kappa shape index (κ3) is 4.01. The summed E-state index contributed by atoms with van der Waals surface area (Å²) in [5, 5.41) is 0. The molecule has 4 aromatic carbocycles. The van der Waals surface area contributed by atoms with Crippen LogP contribution < -0.4 is 4.74 Å². The zero-order chi connectivity index (χ0) is 20.2. The highest BCUT2D eigenvalue weighted by Crippen LogP contribution is 2.26. The molecule has 0 saturated heterocycles. The van der Waals surface area contributed by atoms with E-state index in [4.69, 9.17) is 9.15 Å². The fourth-order valence-electron chi connectivity index (χ4n) is 3.30. The van der Waals surface area contributed by atoms with Crippen molar-refractivity contribution in [3.05, 3.63) is 115 Å². The van der Waals surface area contributed by atoms with E-state index < -0.39 is 0 Å². The second kappa shape index (κ2) is 8.10. The molecule has 0 spiro atoms. The van der Waals surface area contributed by atoms with Crippen molar-refractivity contribution in [2.75, 3.05) is 0 Å². The Balaban J connectivity index is 1.37. The molecule has 0 aliphatic carbocycles. The molecule has 3 heteroatoms. The van der Waals surface area contributed by atoms with Gasteiger partial charge in [-0.15, -0.1) is 0 Å². The molecule has 0 bridgehead atoms. The van der Waals surface area contributed by atoms with Crippen molar-refractivity contribution in [2.24, 2.45) is 0 Å². The highest BCUT2D eigenvalue weighted by Gasteiger charge is 2.06. The Kier molecular flexibility index (Phi) is 4.84. The van der Waals surface area contributed by atoms with Gasteiger partial charge in [0.25, 0.3) is 0 Å². The molecule has 0 amide bonds. The van der Waals surface area contributed by atoms with Gasteiger partial charge in [0.05, 0.1) is 0 Å². The lowest BCUT2D eigenvalue weighted by Crippen LogP contribution is -1.84. The average molecular weight is 389 g/mol. The highest BCUT2D eigenvalue weighted by atomic mass is 16.5. The lowest BCUT2D eigenvalue weighted by molar-refractivity contribution is 0.482. The number of nitrogens with zero attached hydrogens (tertiary/aromatic N) is 1. The van der Waals surface area contributed by atoms with Crippen LogP contribution in [0, 0.1) is 0 Å². The first-order valence-corrected chi connectivity index (χ1v) is 9.81. The SMILES string of the molecule is C(=C\c1nc2cc(-c3ccccc3)ccc2o1)/c1cccc(Oc2ccccc2)c1. The molecule has 0 aliphatic rings. The maximum atomic E-state index is 5.90. The van der Waals surface area contributed by atoms with Crippen LogP contribution in [-0.2, 0) is 0 Å². The molecule has 1 aromatic heterocycles. The third-order valence-corrected chi connectivity index (χ3v) is 4.77. The normalized spacial score (nSPS) is 11.2. The van der Waals surface area contributed by atoms with Crippen molar-refractivity contribution in [3.8, 4) is 22.6 Å². The molecule has 0 saturated carbocycles. The summed E-state index contributed by atoms with van der Waals surface area (Å²) < 4.78 is 11.8. The van der Waals surface area contributed by atoms with E-state index >= 15 is 0 Å². The van der Waals surface area contributed by atoms with Gasteiger partial charge in [-0.1, -0.05) is 66.7 Å². The van der Waals surface area contributed by atoms with Crippen molar-refractivity contribution in [3.63, 3.8) is 0 Å². The summed E-state index contributed by atoms with van der Waals surface area (Å²) in [6.07, 6.45) is 3.85. The van der Waals surface area contributed by atoms with Gasteiger partial charge in [0, 0.05) is 6.08 Å². The maximum absolute atomic E-state index is 5.90. The van der Waals surface area contributed by atoms with Crippen molar-refractivity contribution in [1.29, 1.82) is 0 Å². The molecule has 5 rings (SSSR count). The van der Waals surface area contributed by atoms with Gasteiger partial charge in [-0.3, -0.25) is 0 Å². The summed E-state index contributed by atoms with van der Waals surface area (Å²) >= 11 is 0. The molecule has 0 aliphatic heterocycles. The molecule has 30 heavy (non-hydrogen) atoms. The number of aromatic nitrogens is 1. The molecular weight excluding hydrogens is 370 g/mol. The second-order valence-electron chi connectivity index (χ2n) is 6.92. The summed E-state index contributed by atoms with van der Waals surface area (Å²) in [4.78, 5) is 4.62. The second-order valence-corrected chi connectivity index (χ2v) is 6.92. The highest BCUT2D eigenvalue weighted by molar-refractivity contribution is 5.82. The molecule has 5 aromatic rings. The summed E-state index contributed by atoms with van der Waals surface area (Å²) in [6.45, 7) is 0. The van der Waals surface area contributed by atoms with Crippen LogP contribution in [0.2, 0.25) is 0 Å². The fraction of sp³-hybridized carbons (Fsp3) is 0. The van der Waals surface area contributed by atoms with Gasteiger partial charge < -0.3 is 9.15 Å². The number of oxazole rings is 1. The monoisotopic (exact) mass is 389 g/mol. The predicted octanol–water partition coefficient (Wildman–Crippen LogP) is 7.46. The van der Waals surface area contributed by atoms with Gasteiger partial charge in [-0.25, -0.2) is 4.98 Å². The first-order chi connectivity index (χ1) is 14.8. The Morgan fingerprint density at radius 1 is 0.633 bits per heavy atom. The van der Waals surface area contributed by atoms with E-state index in [2.05, 4.69) is 29.2 Å². The Morgan fingerprint density at radius 3 is 2.23 bits per heavy atom. The van der Waals surface area contributed by atoms with Crippen LogP contribution in [-0.4, -0.2) is 4.98 Å². The van der Waals surface area contributed by atoms with E-state index in [0.717, 1.165) is 39.3 Å². The predicted molar refractivity (Wildman–Crippen MR) is 121 cm³/mol. The quantitative estimate of drug-likeness (QED) is 0.313. The van der Waals surface area contributed by atoms with Gasteiger partial charge in [0.15, 0.2) is 5.58 Å². The Bertz CT molecular complexity index is 1300. The number of hydrogen-bond acceptors (Lipinski definition) is 3. The summed E-state index contributed by atoms with van der Waals surface area (Å²) in [5.74, 6) is 2.17. The van der Waals surface area contributed by atoms with Gasteiger partial charge in [-0.2, -0.15) is 0 Å². The van der Waals surface area contributed by atoms with E-state index in [1.165, 1.54) is 0 Å². The van der Waals surface area contributed by atoms with Crippen LogP contribution in [0.1, 0.15) is 11.5 Å². The molecule has 0 atom stereocenters. The van der Waals surface area contributed by atoms with Crippen molar-refractivity contribution >= 4 is 23.3 Å². The van der Waals surface area contributed by atoms with E-state index in [1.807, 2.05) is 91.0 Å². The molecule has 0 fully saturated rings. The molecule has 0 radical (unpaired) electrons. The molecule has 3 nitrogen and oxygen atoms in total. The van der Waals surface area contributed by atoms with Gasteiger partial charge in [0.1, 0.15) is 17.0 Å². The lowest BCUT2D eigenvalue weighted by Gasteiger charge is -2.05. The number of para-hydroxylation sites is 1. The number of hydrogen-bond donors (Lipinski definition) is 0. The fourth-order valence-corrected chi connectivity index (χ4v) is 3.30. The maximum Gasteiger partial charge on any atom is 0.220 e. The Hall–Kier alpha value is -4.11. The first-order valence-electron chi connectivity index (χ1n) is 9.81. The zero-order valence-corrected chi connectivity index (χ0v) is 16.2. The molecule has 1 heterocycles. The molecule has 0 N–H and O–H groups in total. The molecule has 0 unspecified atom stereocenters. The zero-order valence-electron chi connectivity index (χ0n) is 16.2. The average Bonchev–Trinajstić information content (AvgIpc) is 3.21. The minimum atomic E-state index is 0.574. The van der Waals surface area contributed by atoms with E-state index in [0.29, 0.717) is 5.89 Å². The van der Waals surface area contributed by atoms with Crippen molar-refractivity contribution in [2.45, 2.75) is 0 Å². The first kappa shape index (κ1) is 18.0. The smallest absolute Gasteiger partial charge is 0.220 e. The van der Waals surface area contributed by atoms with Gasteiger partial charge >= 0.3 is 0 Å². The van der Waals surface area contributed by atoms with Crippen LogP contribution >= 0.6 is 0 Å². The molecule has 144 valence electrons. The number of fused-ring (bicyclic) bond motifs is 1. The van der Waals surface area contributed by atoms with E-state index in [-0.39, 0.29) is 0 Å². The molecular formula is C27H19NO2. The van der Waals surface area contributed by atoms with Gasteiger partial charge in [0.2, 0.25) is 5.89 Å². The van der Waals surface area contributed by atoms with Crippen molar-refractivity contribution in [1.82, 2.24) is 4.98 Å². The lowest BCUT2D eigenvalue weighted by atomic mass is 10.1. The number of benzene rings is 4. The van der Waals surface area contributed by atoms with Crippen LogP contribution in [0.25, 0.3) is 34.4 Å². The van der Waals surface area contributed by atoms with Crippen LogP contribution in [0.5, 0.6) is 11.5 Å². The van der Waals surface area contributed by atoms with E-state index in [1.54, 1.807) is 0 Å².